The minimum absolute atomic E-state index is 0.0525. The van der Waals surface area contributed by atoms with Crippen molar-refractivity contribution in [3.05, 3.63) is 25.3 Å². The lowest BCUT2D eigenvalue weighted by Crippen LogP contribution is -2.60. The molecule has 10 nitrogen and oxygen atoms in total. The number of rotatable bonds is 15. The number of amides is 3. The Bertz CT molecular complexity index is 1010. The lowest BCUT2D eigenvalue weighted by atomic mass is 9.70. The van der Waals surface area contributed by atoms with Gasteiger partial charge in [-0.1, -0.05) is 28.1 Å². The van der Waals surface area contributed by atoms with Crippen LogP contribution in [0.3, 0.4) is 0 Å². The summed E-state index contributed by atoms with van der Waals surface area (Å²) in [5, 5.41) is 12.0. The smallest absolute Gasteiger partial charge is 0.312 e. The molecule has 230 valence electrons. The van der Waals surface area contributed by atoms with Gasteiger partial charge in [0.25, 0.3) is 0 Å². The molecule has 1 unspecified atom stereocenters. The lowest BCUT2D eigenvalue weighted by molar-refractivity contribution is -0.159. The number of aliphatic hydroxyl groups excluding tert-OH is 1. The second-order valence-electron chi connectivity index (χ2n) is 12.3. The minimum atomic E-state index is -1.18. The number of halogens is 1. The highest BCUT2D eigenvalue weighted by atomic mass is 79.9. The zero-order valence-corrected chi connectivity index (χ0v) is 26.4. The van der Waals surface area contributed by atoms with Crippen molar-refractivity contribution >= 4 is 39.6 Å². The van der Waals surface area contributed by atoms with Gasteiger partial charge in [0.2, 0.25) is 17.7 Å². The van der Waals surface area contributed by atoms with Crippen molar-refractivity contribution in [3.8, 4) is 0 Å². The second kappa shape index (κ2) is 13.8. The molecular weight excluding hydrogens is 594 g/mol. The number of hydrogen-bond acceptors (Lipinski definition) is 7. The first-order valence-corrected chi connectivity index (χ1v) is 15.5. The Balaban J connectivity index is 1.89. The Morgan fingerprint density at radius 1 is 1.27 bits per heavy atom. The molecule has 0 aromatic heterocycles. The maximum absolute atomic E-state index is 14.3. The summed E-state index contributed by atoms with van der Waals surface area (Å²) in [5.74, 6) is -3.00. The molecule has 0 aromatic rings. The molecule has 3 aliphatic heterocycles. The first-order chi connectivity index (χ1) is 19.3. The molecule has 2 bridgehead atoms. The summed E-state index contributed by atoms with van der Waals surface area (Å²) in [6, 6.07) is -0.905. The van der Waals surface area contributed by atoms with Gasteiger partial charge < -0.3 is 29.7 Å². The Morgan fingerprint density at radius 3 is 2.59 bits per heavy atom. The number of carbonyl (C=O) groups excluding carboxylic acids is 4. The van der Waals surface area contributed by atoms with Crippen LogP contribution in [-0.2, 0) is 28.7 Å². The molecule has 3 heterocycles. The van der Waals surface area contributed by atoms with E-state index in [0.29, 0.717) is 51.6 Å². The number of likely N-dealkylation sites (tertiary alicyclic amines) is 1. The Morgan fingerprint density at radius 2 is 1.98 bits per heavy atom. The van der Waals surface area contributed by atoms with Crippen molar-refractivity contribution in [3.63, 3.8) is 0 Å². The number of nitrogens with zero attached hydrogens (tertiary/aromatic N) is 2. The van der Waals surface area contributed by atoms with Gasteiger partial charge in [0.05, 0.1) is 24.5 Å². The van der Waals surface area contributed by atoms with Gasteiger partial charge >= 0.3 is 5.97 Å². The SMILES string of the molecule is C=CCCC(=O)NC[C@H](C)OC(=O)[C@@H]1[C@H]2O[C@@]3(CC2Br)[C@H](C(=O)N(CC=C)C(C)(C)C)N(CCCCCO)C(=O)[C@@H]13. The molecule has 3 amide bonds. The first-order valence-electron chi connectivity index (χ1n) is 14.6. The van der Waals surface area contributed by atoms with Crippen LogP contribution in [0.1, 0.15) is 66.2 Å². The fourth-order valence-electron chi connectivity index (χ4n) is 6.36. The van der Waals surface area contributed by atoms with Crippen molar-refractivity contribution in [2.45, 2.75) is 100 Å². The van der Waals surface area contributed by atoms with E-state index in [2.05, 4.69) is 34.4 Å². The second-order valence-corrected chi connectivity index (χ2v) is 13.4. The Labute approximate surface area is 252 Å². The van der Waals surface area contributed by atoms with E-state index in [1.807, 2.05) is 20.8 Å². The minimum Gasteiger partial charge on any atom is -0.460 e. The topological polar surface area (TPSA) is 125 Å². The van der Waals surface area contributed by atoms with Gasteiger partial charge in [-0.3, -0.25) is 19.2 Å². The molecule has 0 saturated carbocycles. The molecule has 0 aromatic carbocycles. The van der Waals surface area contributed by atoms with Crippen LogP contribution in [0.5, 0.6) is 0 Å². The van der Waals surface area contributed by atoms with Gasteiger partial charge in [0.1, 0.15) is 17.7 Å². The van der Waals surface area contributed by atoms with E-state index in [1.54, 1.807) is 28.9 Å². The van der Waals surface area contributed by atoms with E-state index < -0.39 is 47.2 Å². The molecule has 1 spiro atoms. The van der Waals surface area contributed by atoms with E-state index in [1.165, 1.54) is 0 Å². The van der Waals surface area contributed by atoms with E-state index in [4.69, 9.17) is 9.47 Å². The number of unbranched alkanes of at least 4 members (excludes halogenated alkanes) is 2. The Kier molecular flexibility index (Phi) is 11.2. The molecular formula is C30H46BrN3O7. The summed E-state index contributed by atoms with van der Waals surface area (Å²) in [6.07, 6.45) is 5.24. The highest BCUT2D eigenvalue weighted by molar-refractivity contribution is 9.09. The van der Waals surface area contributed by atoms with Crippen LogP contribution >= 0.6 is 15.9 Å². The third kappa shape index (κ3) is 6.88. The van der Waals surface area contributed by atoms with Crippen LogP contribution in [0.4, 0.5) is 0 Å². The summed E-state index contributed by atoms with van der Waals surface area (Å²) >= 11 is 3.68. The van der Waals surface area contributed by atoms with Crippen molar-refractivity contribution in [1.82, 2.24) is 15.1 Å². The summed E-state index contributed by atoms with van der Waals surface area (Å²) < 4.78 is 12.3. The molecule has 3 aliphatic rings. The van der Waals surface area contributed by atoms with Crippen LogP contribution in [-0.4, -0.2) is 99.1 Å². The molecule has 3 rings (SSSR count). The molecule has 7 atom stereocenters. The first kappa shape index (κ1) is 33.3. The Hall–Kier alpha value is -2.24. The zero-order chi connectivity index (χ0) is 30.5. The largest absolute Gasteiger partial charge is 0.460 e. The van der Waals surface area contributed by atoms with Gasteiger partial charge in [-0.25, -0.2) is 0 Å². The van der Waals surface area contributed by atoms with E-state index >= 15 is 0 Å². The predicted octanol–water partition coefficient (Wildman–Crippen LogP) is 2.72. The monoisotopic (exact) mass is 639 g/mol. The van der Waals surface area contributed by atoms with Crippen LogP contribution in [0, 0.1) is 11.8 Å². The number of carbonyl (C=O) groups is 4. The van der Waals surface area contributed by atoms with E-state index in [9.17, 15) is 24.3 Å². The summed E-state index contributed by atoms with van der Waals surface area (Å²) in [5.41, 5.74) is -1.72. The highest BCUT2D eigenvalue weighted by Gasteiger charge is 2.77. The lowest BCUT2D eigenvalue weighted by Gasteiger charge is -2.42. The average Bonchev–Trinajstić information content (AvgIpc) is 3.49. The fraction of sp³-hybridized carbons (Fsp3) is 0.733. The van der Waals surface area contributed by atoms with Crippen LogP contribution < -0.4 is 5.32 Å². The number of esters is 1. The van der Waals surface area contributed by atoms with Crippen molar-refractivity contribution < 1.29 is 33.8 Å². The highest BCUT2D eigenvalue weighted by Crippen LogP contribution is 2.60. The number of aliphatic hydroxyl groups is 1. The summed E-state index contributed by atoms with van der Waals surface area (Å²) in [6.45, 7) is 15.7. The average molecular weight is 641 g/mol. The number of fused-ring (bicyclic) bond motifs is 1. The fourth-order valence-corrected chi connectivity index (χ4v) is 7.30. The number of ether oxygens (including phenoxy) is 2. The normalized spacial score (nSPS) is 29.2. The standard InChI is InChI=1S/C30H46BrN3O7/c1-7-9-13-21(36)32-18-19(3)40-28(39)22-23-26(37)33(15-11-10-12-16-35)25(30(23)17-20(31)24(22)41-30)27(38)34(14-8-2)29(4,5)6/h7-8,19-20,22-25,35H,1-2,9-18H2,3-6H3,(H,32,36)/t19-,20?,22-,23+,24-,25-,30+/m0/s1. The maximum atomic E-state index is 14.3. The van der Waals surface area contributed by atoms with Gasteiger partial charge in [-0.05, 0) is 59.8 Å². The van der Waals surface area contributed by atoms with E-state index in [-0.39, 0.29) is 35.7 Å². The van der Waals surface area contributed by atoms with Gasteiger partial charge in [0, 0.05) is 36.5 Å². The summed E-state index contributed by atoms with van der Waals surface area (Å²) in [7, 11) is 0. The quantitative estimate of drug-likeness (QED) is 0.122. The van der Waals surface area contributed by atoms with Gasteiger partial charge in [0.15, 0.2) is 0 Å². The summed E-state index contributed by atoms with van der Waals surface area (Å²) in [4.78, 5) is 57.1. The molecule has 41 heavy (non-hydrogen) atoms. The molecule has 0 aliphatic carbocycles. The number of alkyl halides is 1. The van der Waals surface area contributed by atoms with Crippen LogP contribution in [0.2, 0.25) is 0 Å². The van der Waals surface area contributed by atoms with Gasteiger partial charge in [-0.15, -0.1) is 13.2 Å². The third-order valence-electron chi connectivity index (χ3n) is 8.22. The number of hydrogen-bond donors (Lipinski definition) is 2. The van der Waals surface area contributed by atoms with E-state index in [0.717, 1.165) is 0 Å². The molecule has 11 heteroatoms. The molecule has 3 saturated heterocycles. The van der Waals surface area contributed by atoms with Crippen LogP contribution in [0.15, 0.2) is 25.3 Å². The van der Waals surface area contributed by atoms with Crippen molar-refractivity contribution in [2.75, 3.05) is 26.2 Å². The maximum Gasteiger partial charge on any atom is 0.312 e. The third-order valence-corrected chi connectivity index (χ3v) is 9.06. The van der Waals surface area contributed by atoms with Gasteiger partial charge in [-0.2, -0.15) is 0 Å². The molecule has 0 radical (unpaired) electrons. The molecule has 3 fully saturated rings. The molecule has 2 N–H and O–H groups in total. The number of nitrogens with one attached hydrogen (secondary N) is 1. The van der Waals surface area contributed by atoms with Crippen molar-refractivity contribution in [2.24, 2.45) is 11.8 Å². The zero-order valence-electron chi connectivity index (χ0n) is 24.8. The van der Waals surface area contributed by atoms with Crippen LogP contribution in [0.25, 0.3) is 0 Å². The predicted molar refractivity (Wildman–Crippen MR) is 158 cm³/mol. The van der Waals surface area contributed by atoms with Crippen molar-refractivity contribution in [1.29, 1.82) is 0 Å². The number of allylic oxidation sites excluding steroid dienone is 1.